The van der Waals surface area contributed by atoms with Gasteiger partial charge in [-0.1, -0.05) is 12.1 Å². The third-order valence-corrected chi connectivity index (χ3v) is 3.20. The first-order valence-electron chi connectivity index (χ1n) is 6.36. The van der Waals surface area contributed by atoms with Gasteiger partial charge in [0, 0.05) is 0 Å². The second-order valence-electron chi connectivity index (χ2n) is 4.51. The molecule has 0 bridgehead atoms. The van der Waals surface area contributed by atoms with Crippen molar-refractivity contribution >= 4 is 0 Å². The van der Waals surface area contributed by atoms with E-state index in [1.807, 2.05) is 24.3 Å². The van der Waals surface area contributed by atoms with E-state index in [1.165, 1.54) is 12.7 Å². The van der Waals surface area contributed by atoms with Crippen molar-refractivity contribution in [3.05, 3.63) is 47.5 Å². The average molecular weight is 274 g/mol. The minimum atomic E-state index is -0.222. The topological polar surface area (TPSA) is 58.9 Å². The summed E-state index contributed by atoms with van der Waals surface area (Å²) in [6.45, 7) is 0. The van der Waals surface area contributed by atoms with Gasteiger partial charge in [-0.3, -0.25) is 0 Å². The normalized spacial score (nSPS) is 10.3. The number of aryl methyl sites for hydroxylation is 2. The van der Waals surface area contributed by atoms with Crippen LogP contribution < -0.4 is 9.47 Å². The Morgan fingerprint density at radius 2 is 1.50 bits per heavy atom. The summed E-state index contributed by atoms with van der Waals surface area (Å²) in [6, 6.07) is 11.2. The predicted molar refractivity (Wildman–Crippen MR) is 76.7 cm³/mol. The first-order chi connectivity index (χ1) is 9.63. The molecule has 0 saturated heterocycles. The molecule has 2 rings (SSSR count). The third kappa shape index (κ3) is 3.15. The first-order valence-corrected chi connectivity index (χ1v) is 6.36. The Bertz CT molecular complexity index is 576. The molecule has 4 nitrogen and oxygen atoms in total. The molecule has 0 aromatic heterocycles. The Hall–Kier alpha value is -2.36. The molecule has 0 amide bonds. The Kier molecular flexibility index (Phi) is 4.35. The van der Waals surface area contributed by atoms with E-state index in [0.717, 1.165) is 24.2 Å². The van der Waals surface area contributed by atoms with Gasteiger partial charge in [0.25, 0.3) is 0 Å². The van der Waals surface area contributed by atoms with Crippen LogP contribution in [0.1, 0.15) is 11.1 Å². The van der Waals surface area contributed by atoms with Crippen LogP contribution in [0, 0.1) is 0 Å². The van der Waals surface area contributed by atoms with E-state index in [-0.39, 0.29) is 17.2 Å². The van der Waals surface area contributed by atoms with E-state index in [4.69, 9.17) is 9.47 Å². The van der Waals surface area contributed by atoms with E-state index >= 15 is 0 Å². The maximum Gasteiger partial charge on any atom is 0.200 e. The molecule has 0 radical (unpaired) electrons. The lowest BCUT2D eigenvalue weighted by Gasteiger charge is -2.09. The number of phenolic OH excluding ortho intramolecular Hbond substituents is 2. The summed E-state index contributed by atoms with van der Waals surface area (Å²) < 4.78 is 10.1. The molecule has 2 N–H and O–H groups in total. The summed E-state index contributed by atoms with van der Waals surface area (Å²) in [5.41, 5.74) is 2.09. The SMILES string of the molecule is COc1ccc(CCc2cc(O)c(O)c(OC)c2)cc1. The highest BCUT2D eigenvalue weighted by atomic mass is 16.5. The van der Waals surface area contributed by atoms with Crippen LogP contribution in [0.5, 0.6) is 23.0 Å². The van der Waals surface area contributed by atoms with Gasteiger partial charge in [-0.05, 0) is 48.2 Å². The van der Waals surface area contributed by atoms with Gasteiger partial charge in [0.1, 0.15) is 5.75 Å². The van der Waals surface area contributed by atoms with Gasteiger partial charge in [-0.2, -0.15) is 0 Å². The Morgan fingerprint density at radius 3 is 2.10 bits per heavy atom. The Morgan fingerprint density at radius 1 is 0.850 bits per heavy atom. The second-order valence-corrected chi connectivity index (χ2v) is 4.51. The number of hydrogen-bond donors (Lipinski definition) is 2. The molecule has 0 saturated carbocycles. The molecule has 0 aliphatic heterocycles. The summed E-state index contributed by atoms with van der Waals surface area (Å²) in [5, 5.41) is 19.2. The van der Waals surface area contributed by atoms with Gasteiger partial charge >= 0.3 is 0 Å². The minimum absolute atomic E-state index is 0.158. The number of aromatic hydroxyl groups is 2. The molecular formula is C16H18O4. The predicted octanol–water partition coefficient (Wildman–Crippen LogP) is 2.90. The number of benzene rings is 2. The van der Waals surface area contributed by atoms with Crippen molar-refractivity contribution < 1.29 is 19.7 Å². The van der Waals surface area contributed by atoms with Crippen molar-refractivity contribution in [2.45, 2.75) is 12.8 Å². The number of rotatable bonds is 5. The zero-order valence-electron chi connectivity index (χ0n) is 11.6. The van der Waals surface area contributed by atoms with E-state index in [2.05, 4.69) is 0 Å². The molecule has 0 heterocycles. The number of methoxy groups -OCH3 is 2. The Balaban J connectivity index is 2.08. The molecule has 2 aromatic carbocycles. The smallest absolute Gasteiger partial charge is 0.200 e. The number of ether oxygens (including phenoxy) is 2. The fraction of sp³-hybridized carbons (Fsp3) is 0.250. The zero-order valence-corrected chi connectivity index (χ0v) is 11.6. The summed E-state index contributed by atoms with van der Waals surface area (Å²) in [7, 11) is 3.10. The van der Waals surface area contributed by atoms with Gasteiger partial charge in [0.15, 0.2) is 11.5 Å². The van der Waals surface area contributed by atoms with Gasteiger partial charge in [-0.15, -0.1) is 0 Å². The van der Waals surface area contributed by atoms with Crippen LogP contribution in [0.3, 0.4) is 0 Å². The minimum Gasteiger partial charge on any atom is -0.504 e. The van der Waals surface area contributed by atoms with Gasteiger partial charge < -0.3 is 19.7 Å². The fourth-order valence-electron chi connectivity index (χ4n) is 2.03. The van der Waals surface area contributed by atoms with Crippen molar-refractivity contribution in [3.8, 4) is 23.0 Å². The molecule has 0 fully saturated rings. The molecule has 106 valence electrons. The number of hydrogen-bond acceptors (Lipinski definition) is 4. The summed E-state index contributed by atoms with van der Waals surface area (Å²) >= 11 is 0. The molecule has 0 aliphatic rings. The van der Waals surface area contributed by atoms with Gasteiger partial charge in [0.2, 0.25) is 5.75 Å². The van der Waals surface area contributed by atoms with Crippen molar-refractivity contribution in [1.82, 2.24) is 0 Å². The van der Waals surface area contributed by atoms with Crippen LogP contribution in [0.25, 0.3) is 0 Å². The molecule has 0 aliphatic carbocycles. The van der Waals surface area contributed by atoms with Crippen LogP contribution >= 0.6 is 0 Å². The lowest BCUT2D eigenvalue weighted by Crippen LogP contribution is -1.93. The number of phenols is 2. The van der Waals surface area contributed by atoms with Crippen molar-refractivity contribution in [1.29, 1.82) is 0 Å². The fourth-order valence-corrected chi connectivity index (χ4v) is 2.03. The second kappa shape index (κ2) is 6.19. The monoisotopic (exact) mass is 274 g/mol. The molecule has 4 heteroatoms. The van der Waals surface area contributed by atoms with Crippen LogP contribution in [0.2, 0.25) is 0 Å². The largest absolute Gasteiger partial charge is 0.504 e. The lowest BCUT2D eigenvalue weighted by molar-refractivity contribution is 0.350. The molecule has 0 atom stereocenters. The summed E-state index contributed by atoms with van der Waals surface area (Å²) in [6.07, 6.45) is 1.58. The molecule has 0 unspecified atom stereocenters. The van der Waals surface area contributed by atoms with Crippen LogP contribution in [-0.4, -0.2) is 24.4 Å². The van der Waals surface area contributed by atoms with Crippen molar-refractivity contribution in [2.75, 3.05) is 14.2 Å². The van der Waals surface area contributed by atoms with Gasteiger partial charge in [0.05, 0.1) is 14.2 Å². The van der Waals surface area contributed by atoms with E-state index < -0.39 is 0 Å². The first kappa shape index (κ1) is 14.1. The van der Waals surface area contributed by atoms with Crippen LogP contribution in [0.15, 0.2) is 36.4 Å². The maximum absolute atomic E-state index is 9.63. The van der Waals surface area contributed by atoms with Gasteiger partial charge in [-0.25, -0.2) is 0 Å². The highest BCUT2D eigenvalue weighted by Crippen LogP contribution is 2.36. The summed E-state index contributed by atoms with van der Waals surface area (Å²) in [4.78, 5) is 0. The van der Waals surface area contributed by atoms with Crippen LogP contribution in [-0.2, 0) is 12.8 Å². The van der Waals surface area contributed by atoms with Crippen LogP contribution in [0.4, 0.5) is 0 Å². The molecule has 2 aromatic rings. The molecular weight excluding hydrogens is 256 g/mol. The summed E-state index contributed by atoms with van der Waals surface area (Å²) in [5.74, 6) is 0.738. The van der Waals surface area contributed by atoms with E-state index in [9.17, 15) is 10.2 Å². The maximum atomic E-state index is 9.63. The molecule has 0 spiro atoms. The van der Waals surface area contributed by atoms with Crippen molar-refractivity contribution in [3.63, 3.8) is 0 Å². The molecule has 20 heavy (non-hydrogen) atoms. The third-order valence-electron chi connectivity index (χ3n) is 3.20. The Labute approximate surface area is 118 Å². The van der Waals surface area contributed by atoms with Crippen molar-refractivity contribution in [2.24, 2.45) is 0 Å². The zero-order chi connectivity index (χ0) is 14.5. The highest BCUT2D eigenvalue weighted by molar-refractivity contribution is 5.52. The standard InChI is InChI=1S/C16H18O4/c1-19-13-7-5-11(6-8-13)3-4-12-9-14(17)16(18)15(10-12)20-2/h5-10,17-18H,3-4H2,1-2H3. The average Bonchev–Trinajstić information content (AvgIpc) is 2.48. The highest BCUT2D eigenvalue weighted by Gasteiger charge is 2.09. The van der Waals surface area contributed by atoms with E-state index in [0.29, 0.717) is 0 Å². The lowest BCUT2D eigenvalue weighted by atomic mass is 10.0. The van der Waals surface area contributed by atoms with E-state index in [1.54, 1.807) is 19.2 Å². The quantitative estimate of drug-likeness (QED) is 0.823.